The van der Waals surface area contributed by atoms with E-state index < -0.39 is 0 Å². The van der Waals surface area contributed by atoms with Crippen LogP contribution in [0.5, 0.6) is 0 Å². The number of imidazole rings is 1. The molecule has 3 aromatic heterocycles. The fourth-order valence-electron chi connectivity index (χ4n) is 2.78. The maximum Gasteiger partial charge on any atom is 0.256 e. The molecule has 1 aromatic carbocycles. The number of amides is 1. The summed E-state index contributed by atoms with van der Waals surface area (Å²) < 4.78 is 2.00. The number of nitrogens with one attached hydrogen (secondary N) is 2. The minimum atomic E-state index is -0.189. The van der Waals surface area contributed by atoms with Gasteiger partial charge in [-0.15, -0.1) is 0 Å². The van der Waals surface area contributed by atoms with E-state index in [1.165, 1.54) is 0 Å². The van der Waals surface area contributed by atoms with Crippen LogP contribution in [0.15, 0.2) is 73.2 Å². The maximum atomic E-state index is 12.3. The molecular formula is C20H17N5O. The van der Waals surface area contributed by atoms with Crippen LogP contribution in [-0.4, -0.2) is 27.3 Å². The number of rotatable bonds is 4. The molecule has 2 N–H and O–H groups in total. The molecular weight excluding hydrogens is 326 g/mol. The van der Waals surface area contributed by atoms with Gasteiger partial charge in [0.2, 0.25) is 0 Å². The van der Waals surface area contributed by atoms with Crippen LogP contribution in [0.4, 0.5) is 11.5 Å². The van der Waals surface area contributed by atoms with Crippen molar-refractivity contribution in [3.05, 3.63) is 78.8 Å². The van der Waals surface area contributed by atoms with Crippen molar-refractivity contribution in [1.29, 1.82) is 0 Å². The van der Waals surface area contributed by atoms with Crippen LogP contribution in [-0.2, 0) is 0 Å². The maximum absolute atomic E-state index is 12.3. The normalized spacial score (nSPS) is 10.7. The van der Waals surface area contributed by atoms with Gasteiger partial charge in [0.25, 0.3) is 5.91 Å². The molecule has 4 aromatic rings. The lowest BCUT2D eigenvalue weighted by atomic mass is 10.2. The molecule has 0 spiro atoms. The second kappa shape index (κ2) is 6.68. The first-order valence-corrected chi connectivity index (χ1v) is 8.22. The van der Waals surface area contributed by atoms with Crippen LogP contribution in [0.25, 0.3) is 16.9 Å². The Bertz CT molecular complexity index is 1070. The molecule has 0 saturated carbocycles. The molecule has 0 radical (unpaired) electrons. The third-order valence-electron chi connectivity index (χ3n) is 4.13. The number of hydrogen-bond acceptors (Lipinski definition) is 4. The van der Waals surface area contributed by atoms with Crippen molar-refractivity contribution in [2.45, 2.75) is 0 Å². The minimum Gasteiger partial charge on any atom is -0.387 e. The Labute approximate surface area is 150 Å². The van der Waals surface area contributed by atoms with Gasteiger partial charge < -0.3 is 10.6 Å². The molecule has 0 fully saturated rings. The van der Waals surface area contributed by atoms with E-state index in [1.54, 1.807) is 18.3 Å². The van der Waals surface area contributed by atoms with Gasteiger partial charge in [-0.25, -0.2) is 9.97 Å². The Hall–Kier alpha value is -3.67. The lowest BCUT2D eigenvalue weighted by Gasteiger charge is -2.08. The van der Waals surface area contributed by atoms with Crippen LogP contribution in [0.2, 0.25) is 0 Å². The zero-order valence-electron chi connectivity index (χ0n) is 14.2. The second-order valence-electron chi connectivity index (χ2n) is 5.79. The summed E-state index contributed by atoms with van der Waals surface area (Å²) in [5.74, 6) is 0.307. The van der Waals surface area contributed by atoms with Crippen LogP contribution in [0.3, 0.4) is 0 Å². The van der Waals surface area contributed by atoms with Gasteiger partial charge in [0, 0.05) is 30.6 Å². The van der Waals surface area contributed by atoms with Crippen molar-refractivity contribution in [2.75, 3.05) is 17.7 Å². The third-order valence-corrected chi connectivity index (χ3v) is 4.13. The Kier molecular flexibility index (Phi) is 4.07. The summed E-state index contributed by atoms with van der Waals surface area (Å²) >= 11 is 0. The summed E-state index contributed by atoms with van der Waals surface area (Å²) in [5.41, 5.74) is 4.28. The van der Waals surface area contributed by atoms with Gasteiger partial charge in [-0.3, -0.25) is 9.20 Å². The quantitative estimate of drug-likeness (QED) is 0.593. The van der Waals surface area contributed by atoms with E-state index in [1.807, 2.05) is 66.3 Å². The van der Waals surface area contributed by atoms with E-state index in [4.69, 9.17) is 0 Å². The molecule has 6 nitrogen and oxygen atoms in total. The molecule has 1 amide bonds. The number of carbonyl (C=O) groups is 1. The largest absolute Gasteiger partial charge is 0.387 e. The first kappa shape index (κ1) is 15.8. The van der Waals surface area contributed by atoms with Gasteiger partial charge in [-0.1, -0.05) is 18.2 Å². The van der Waals surface area contributed by atoms with Crippen molar-refractivity contribution >= 4 is 23.1 Å². The zero-order valence-corrected chi connectivity index (χ0v) is 14.2. The highest BCUT2D eigenvalue weighted by Gasteiger charge is 2.10. The van der Waals surface area contributed by atoms with Gasteiger partial charge >= 0.3 is 0 Å². The molecule has 3 heterocycles. The number of anilines is 2. The summed E-state index contributed by atoms with van der Waals surface area (Å²) in [4.78, 5) is 21.0. The summed E-state index contributed by atoms with van der Waals surface area (Å²) in [7, 11) is 1.88. The Balaban J connectivity index is 1.67. The van der Waals surface area contributed by atoms with Gasteiger partial charge in [-0.05, 0) is 36.4 Å². The Morgan fingerprint density at radius 3 is 2.69 bits per heavy atom. The van der Waals surface area contributed by atoms with E-state index in [2.05, 4.69) is 20.6 Å². The molecule has 0 aliphatic carbocycles. The number of aromatic nitrogens is 3. The van der Waals surface area contributed by atoms with Crippen molar-refractivity contribution in [3.8, 4) is 11.3 Å². The van der Waals surface area contributed by atoms with Crippen LogP contribution >= 0.6 is 0 Å². The molecule has 0 aliphatic rings. The predicted octanol–water partition coefficient (Wildman–Crippen LogP) is 3.69. The number of pyridine rings is 2. The highest BCUT2D eigenvalue weighted by atomic mass is 16.1. The van der Waals surface area contributed by atoms with E-state index in [-0.39, 0.29) is 5.91 Å². The highest BCUT2D eigenvalue weighted by molar-refractivity contribution is 6.03. The first-order valence-electron chi connectivity index (χ1n) is 8.22. The van der Waals surface area contributed by atoms with E-state index in [9.17, 15) is 4.79 Å². The molecule has 128 valence electrons. The topological polar surface area (TPSA) is 71.3 Å². The van der Waals surface area contributed by atoms with Crippen molar-refractivity contribution in [3.63, 3.8) is 0 Å². The van der Waals surface area contributed by atoms with E-state index in [0.29, 0.717) is 11.4 Å². The highest BCUT2D eigenvalue weighted by Crippen LogP contribution is 2.24. The summed E-state index contributed by atoms with van der Waals surface area (Å²) in [6, 6.07) is 16.7. The fraction of sp³-hybridized carbons (Fsp3) is 0.0500. The van der Waals surface area contributed by atoms with Crippen molar-refractivity contribution < 1.29 is 4.79 Å². The number of hydrogen-bond donors (Lipinski definition) is 2. The van der Waals surface area contributed by atoms with Crippen LogP contribution < -0.4 is 10.6 Å². The Morgan fingerprint density at radius 1 is 1.04 bits per heavy atom. The molecule has 0 atom stereocenters. The smallest absolute Gasteiger partial charge is 0.256 e. The lowest BCUT2D eigenvalue weighted by molar-refractivity contribution is 0.102. The molecule has 26 heavy (non-hydrogen) atoms. The molecule has 0 bridgehead atoms. The Morgan fingerprint density at radius 2 is 1.88 bits per heavy atom. The third kappa shape index (κ3) is 3.00. The van der Waals surface area contributed by atoms with Crippen molar-refractivity contribution in [1.82, 2.24) is 14.4 Å². The first-order chi connectivity index (χ1) is 12.7. The average molecular weight is 343 g/mol. The predicted molar refractivity (Wildman–Crippen MR) is 102 cm³/mol. The summed E-state index contributed by atoms with van der Waals surface area (Å²) in [6.45, 7) is 0. The monoisotopic (exact) mass is 343 g/mol. The standard InChI is InChI=1S/C20H17N5O/c1-21-16-7-8-19-23-12-17(25(19)13-16)15-9-10-22-18(11-15)24-20(26)14-5-3-2-4-6-14/h2-13,21H,1H3,(H,22,24,26). The van der Waals surface area contributed by atoms with Gasteiger partial charge in [-0.2, -0.15) is 0 Å². The zero-order chi connectivity index (χ0) is 17.9. The van der Waals surface area contributed by atoms with Gasteiger partial charge in [0.15, 0.2) is 0 Å². The van der Waals surface area contributed by atoms with Gasteiger partial charge in [0.1, 0.15) is 11.5 Å². The second-order valence-corrected chi connectivity index (χ2v) is 5.79. The number of benzene rings is 1. The minimum absolute atomic E-state index is 0.189. The van der Waals surface area contributed by atoms with Crippen molar-refractivity contribution in [2.24, 2.45) is 0 Å². The lowest BCUT2D eigenvalue weighted by Crippen LogP contribution is -2.12. The number of carbonyl (C=O) groups excluding carboxylic acids is 1. The summed E-state index contributed by atoms with van der Waals surface area (Å²) in [5, 5.41) is 5.96. The van der Waals surface area contributed by atoms with E-state index >= 15 is 0 Å². The molecule has 0 unspecified atom stereocenters. The number of nitrogens with zero attached hydrogens (tertiary/aromatic N) is 3. The van der Waals surface area contributed by atoms with Crippen LogP contribution in [0.1, 0.15) is 10.4 Å². The molecule has 0 aliphatic heterocycles. The molecule has 0 saturated heterocycles. The fourth-order valence-corrected chi connectivity index (χ4v) is 2.78. The van der Waals surface area contributed by atoms with Crippen LogP contribution in [0, 0.1) is 0 Å². The van der Waals surface area contributed by atoms with Gasteiger partial charge in [0.05, 0.1) is 17.6 Å². The van der Waals surface area contributed by atoms with E-state index in [0.717, 1.165) is 22.6 Å². The SMILES string of the molecule is CNc1ccc2ncc(-c3ccnc(NC(=O)c4ccccc4)c3)n2c1. The molecule has 4 rings (SSSR count). The number of fused-ring (bicyclic) bond motifs is 1. The average Bonchev–Trinajstić information content (AvgIpc) is 3.12. The molecule has 6 heteroatoms. The summed E-state index contributed by atoms with van der Waals surface area (Å²) in [6.07, 6.45) is 5.48.